The molecule has 2 heterocycles. The highest BCUT2D eigenvalue weighted by Crippen LogP contribution is 2.27. The molecule has 3 aromatic rings. The van der Waals surface area contributed by atoms with Crippen LogP contribution in [-0.2, 0) is 0 Å². The Morgan fingerprint density at radius 1 is 1.21 bits per heavy atom. The molecule has 3 rings (SSSR count). The summed E-state index contributed by atoms with van der Waals surface area (Å²) in [7, 11) is 0. The number of rotatable bonds is 3. The van der Waals surface area contributed by atoms with E-state index >= 15 is 0 Å². The minimum Gasteiger partial charge on any atom is -0.507 e. The summed E-state index contributed by atoms with van der Waals surface area (Å²) in [6, 6.07) is 9.91. The summed E-state index contributed by atoms with van der Waals surface area (Å²) in [6.07, 6.45) is 4.46. The standard InChI is InChI=1S/C15H10O4/c16-12-4-1-5-14-11(12)9-15(19-14)13(17)7-6-10-3-2-8-18-10/h1-9,16H/b7-6+. The van der Waals surface area contributed by atoms with Crippen molar-refractivity contribution in [3.05, 3.63) is 60.3 Å². The molecule has 0 aliphatic heterocycles. The fraction of sp³-hybridized carbons (Fsp3) is 0. The highest BCUT2D eigenvalue weighted by Gasteiger charge is 2.11. The van der Waals surface area contributed by atoms with Crippen LogP contribution in [-0.4, -0.2) is 10.9 Å². The van der Waals surface area contributed by atoms with Gasteiger partial charge in [-0.15, -0.1) is 0 Å². The van der Waals surface area contributed by atoms with Crippen molar-refractivity contribution in [2.24, 2.45) is 0 Å². The first-order chi connectivity index (χ1) is 9.24. The van der Waals surface area contributed by atoms with Gasteiger partial charge in [-0.25, -0.2) is 0 Å². The maximum Gasteiger partial charge on any atom is 0.221 e. The van der Waals surface area contributed by atoms with Gasteiger partial charge in [0.05, 0.1) is 11.6 Å². The van der Waals surface area contributed by atoms with Crippen LogP contribution in [0.15, 0.2) is 57.6 Å². The Morgan fingerprint density at radius 2 is 2.11 bits per heavy atom. The van der Waals surface area contributed by atoms with Gasteiger partial charge in [0, 0.05) is 0 Å². The fourth-order valence-corrected chi connectivity index (χ4v) is 1.79. The quantitative estimate of drug-likeness (QED) is 0.572. The van der Waals surface area contributed by atoms with E-state index in [4.69, 9.17) is 8.83 Å². The highest BCUT2D eigenvalue weighted by atomic mass is 16.3. The van der Waals surface area contributed by atoms with Gasteiger partial charge in [-0.2, -0.15) is 0 Å². The first-order valence-corrected chi connectivity index (χ1v) is 5.71. The molecule has 0 bridgehead atoms. The van der Waals surface area contributed by atoms with E-state index < -0.39 is 0 Å². The van der Waals surface area contributed by atoms with Gasteiger partial charge in [0.1, 0.15) is 17.1 Å². The summed E-state index contributed by atoms with van der Waals surface area (Å²) in [5, 5.41) is 10.2. The Balaban J connectivity index is 1.92. The van der Waals surface area contributed by atoms with E-state index in [-0.39, 0.29) is 17.3 Å². The van der Waals surface area contributed by atoms with E-state index in [1.54, 1.807) is 36.4 Å². The third-order valence-corrected chi connectivity index (χ3v) is 2.72. The molecule has 0 unspecified atom stereocenters. The summed E-state index contributed by atoms with van der Waals surface area (Å²) in [4.78, 5) is 11.9. The van der Waals surface area contributed by atoms with Crippen LogP contribution in [0.3, 0.4) is 0 Å². The van der Waals surface area contributed by atoms with Crippen molar-refractivity contribution in [3.8, 4) is 5.75 Å². The lowest BCUT2D eigenvalue weighted by atomic mass is 10.2. The maximum atomic E-state index is 11.9. The van der Waals surface area contributed by atoms with Crippen LogP contribution in [0, 0.1) is 0 Å². The molecule has 0 atom stereocenters. The Labute approximate surface area is 108 Å². The van der Waals surface area contributed by atoms with Gasteiger partial charge in [-0.1, -0.05) is 6.07 Å². The number of benzene rings is 1. The minimum absolute atomic E-state index is 0.0929. The monoisotopic (exact) mass is 254 g/mol. The van der Waals surface area contributed by atoms with Gasteiger partial charge >= 0.3 is 0 Å². The molecule has 4 heteroatoms. The molecule has 19 heavy (non-hydrogen) atoms. The summed E-state index contributed by atoms with van der Waals surface area (Å²) < 4.78 is 10.5. The Morgan fingerprint density at radius 3 is 2.84 bits per heavy atom. The number of allylic oxidation sites excluding steroid dienone is 1. The number of ketones is 1. The van der Waals surface area contributed by atoms with E-state index in [1.807, 2.05) is 0 Å². The van der Waals surface area contributed by atoms with Crippen molar-refractivity contribution in [3.63, 3.8) is 0 Å². The van der Waals surface area contributed by atoms with E-state index in [1.165, 1.54) is 18.4 Å². The van der Waals surface area contributed by atoms with E-state index in [9.17, 15) is 9.90 Å². The topological polar surface area (TPSA) is 63.6 Å². The lowest BCUT2D eigenvalue weighted by Crippen LogP contribution is -1.89. The number of furan rings is 2. The van der Waals surface area contributed by atoms with Gasteiger partial charge in [0.2, 0.25) is 5.78 Å². The SMILES string of the molecule is O=C(/C=C/c1ccco1)c1cc2c(O)cccc2o1. The molecule has 0 saturated carbocycles. The van der Waals surface area contributed by atoms with Gasteiger partial charge in [-0.05, 0) is 42.5 Å². The normalized spacial score (nSPS) is 11.4. The zero-order chi connectivity index (χ0) is 13.2. The molecule has 1 aromatic carbocycles. The lowest BCUT2D eigenvalue weighted by molar-refractivity contribution is 0.102. The molecular formula is C15H10O4. The first kappa shape index (κ1) is 11.3. The summed E-state index contributed by atoms with van der Waals surface area (Å²) >= 11 is 0. The van der Waals surface area contributed by atoms with E-state index in [2.05, 4.69) is 0 Å². The number of phenolic OH excluding ortho intramolecular Hbond substituents is 1. The van der Waals surface area contributed by atoms with Crippen molar-refractivity contribution in [2.45, 2.75) is 0 Å². The fourth-order valence-electron chi connectivity index (χ4n) is 1.79. The van der Waals surface area contributed by atoms with Gasteiger partial charge in [0.15, 0.2) is 5.76 Å². The molecule has 94 valence electrons. The number of aromatic hydroxyl groups is 1. The molecule has 0 spiro atoms. The predicted octanol–water partition coefficient (Wildman–Crippen LogP) is 3.63. The second kappa shape index (κ2) is 4.49. The van der Waals surface area contributed by atoms with Crippen LogP contribution >= 0.6 is 0 Å². The van der Waals surface area contributed by atoms with Crippen LogP contribution < -0.4 is 0 Å². The Bertz CT molecular complexity index is 748. The maximum absolute atomic E-state index is 11.9. The minimum atomic E-state index is -0.285. The molecule has 4 nitrogen and oxygen atoms in total. The number of phenols is 1. The average molecular weight is 254 g/mol. The Hall–Kier alpha value is -2.75. The van der Waals surface area contributed by atoms with Crippen molar-refractivity contribution in [2.75, 3.05) is 0 Å². The molecular weight excluding hydrogens is 244 g/mol. The van der Waals surface area contributed by atoms with Crippen LogP contribution in [0.4, 0.5) is 0 Å². The van der Waals surface area contributed by atoms with Crippen LogP contribution in [0.25, 0.3) is 17.0 Å². The van der Waals surface area contributed by atoms with Gasteiger partial charge < -0.3 is 13.9 Å². The summed E-state index contributed by atoms with van der Waals surface area (Å²) in [5.41, 5.74) is 0.481. The van der Waals surface area contributed by atoms with Crippen molar-refractivity contribution >= 4 is 22.8 Å². The zero-order valence-corrected chi connectivity index (χ0v) is 9.87. The smallest absolute Gasteiger partial charge is 0.221 e. The molecule has 0 radical (unpaired) electrons. The van der Waals surface area contributed by atoms with Gasteiger partial charge in [-0.3, -0.25) is 4.79 Å². The lowest BCUT2D eigenvalue weighted by Gasteiger charge is -1.89. The molecule has 0 aliphatic carbocycles. The van der Waals surface area contributed by atoms with Gasteiger partial charge in [0.25, 0.3) is 0 Å². The number of hydrogen-bond donors (Lipinski definition) is 1. The zero-order valence-electron chi connectivity index (χ0n) is 9.87. The molecule has 2 aromatic heterocycles. The first-order valence-electron chi connectivity index (χ1n) is 5.71. The number of hydrogen-bond acceptors (Lipinski definition) is 4. The molecule has 0 amide bonds. The molecule has 0 aliphatic rings. The third-order valence-electron chi connectivity index (χ3n) is 2.72. The second-order valence-electron chi connectivity index (χ2n) is 4.01. The summed E-state index contributed by atoms with van der Waals surface area (Å²) in [5.74, 6) is 0.578. The van der Waals surface area contributed by atoms with Crippen molar-refractivity contribution in [1.29, 1.82) is 0 Å². The number of fused-ring (bicyclic) bond motifs is 1. The van der Waals surface area contributed by atoms with E-state index in [0.29, 0.717) is 16.7 Å². The predicted molar refractivity (Wildman–Crippen MR) is 70.0 cm³/mol. The van der Waals surface area contributed by atoms with Crippen LogP contribution in [0.5, 0.6) is 5.75 Å². The third kappa shape index (κ3) is 2.15. The summed E-state index contributed by atoms with van der Waals surface area (Å²) in [6.45, 7) is 0. The largest absolute Gasteiger partial charge is 0.507 e. The average Bonchev–Trinajstić information content (AvgIpc) is 3.05. The molecule has 0 fully saturated rings. The number of carbonyl (C=O) groups excluding carboxylic acids is 1. The second-order valence-corrected chi connectivity index (χ2v) is 4.01. The molecule has 0 saturated heterocycles. The molecule has 1 N–H and O–H groups in total. The number of carbonyl (C=O) groups is 1. The van der Waals surface area contributed by atoms with Crippen molar-refractivity contribution < 1.29 is 18.7 Å². The van der Waals surface area contributed by atoms with E-state index in [0.717, 1.165) is 0 Å². The van der Waals surface area contributed by atoms with Crippen molar-refractivity contribution in [1.82, 2.24) is 0 Å². The Kier molecular flexibility index (Phi) is 2.68. The highest BCUT2D eigenvalue weighted by molar-refractivity contribution is 6.07. The van der Waals surface area contributed by atoms with Crippen LogP contribution in [0.1, 0.15) is 16.3 Å². The van der Waals surface area contributed by atoms with Crippen LogP contribution in [0.2, 0.25) is 0 Å².